The lowest BCUT2D eigenvalue weighted by Crippen LogP contribution is -1.93. The topological polar surface area (TPSA) is 75.3 Å². The molecule has 0 unspecified atom stereocenters. The predicted molar refractivity (Wildman–Crippen MR) is 64.9 cm³/mol. The van der Waals surface area contributed by atoms with Crippen molar-refractivity contribution in [3.63, 3.8) is 0 Å². The molecule has 0 saturated carbocycles. The van der Waals surface area contributed by atoms with Gasteiger partial charge < -0.3 is 0 Å². The maximum absolute atomic E-state index is 8.96. The fraction of sp³-hybridized carbons (Fsp3) is 0.300. The van der Waals surface area contributed by atoms with Crippen LogP contribution in [0.25, 0.3) is 0 Å². The summed E-state index contributed by atoms with van der Waals surface area (Å²) in [6.45, 7) is 3.80. The molecule has 0 N–H and O–H groups in total. The first-order valence-electron chi connectivity index (χ1n) is 4.97. The molecule has 0 bridgehead atoms. The van der Waals surface area contributed by atoms with Crippen LogP contribution in [-0.2, 0) is 6.42 Å². The fourth-order valence-corrected chi connectivity index (χ4v) is 2.81. The number of aryl methyl sites for hydroxylation is 2. The molecule has 0 atom stereocenters. The third kappa shape index (κ3) is 2.78. The van der Waals surface area contributed by atoms with Gasteiger partial charge in [0, 0.05) is 12.6 Å². The van der Waals surface area contributed by atoms with Crippen LogP contribution in [0.1, 0.15) is 24.1 Å². The SMILES string of the molecule is CCc1nsc(Sc2nc(C)ncc2C#N)n1. The Morgan fingerprint density at radius 1 is 1.47 bits per heavy atom. The Bertz CT molecular complexity index is 572. The van der Waals surface area contributed by atoms with E-state index in [2.05, 4.69) is 25.4 Å². The van der Waals surface area contributed by atoms with Gasteiger partial charge in [0.15, 0.2) is 4.34 Å². The van der Waals surface area contributed by atoms with Crippen molar-refractivity contribution in [1.82, 2.24) is 19.3 Å². The Balaban J connectivity index is 2.29. The summed E-state index contributed by atoms with van der Waals surface area (Å²) < 4.78 is 4.99. The second kappa shape index (κ2) is 5.21. The lowest BCUT2D eigenvalue weighted by atomic mass is 10.4. The molecule has 0 spiro atoms. The van der Waals surface area contributed by atoms with Crippen LogP contribution in [0.15, 0.2) is 15.6 Å². The first-order valence-corrected chi connectivity index (χ1v) is 6.56. The first-order chi connectivity index (χ1) is 8.22. The van der Waals surface area contributed by atoms with Gasteiger partial charge in [-0.25, -0.2) is 15.0 Å². The summed E-state index contributed by atoms with van der Waals surface area (Å²) in [5.41, 5.74) is 0.467. The van der Waals surface area contributed by atoms with Crippen LogP contribution in [0.3, 0.4) is 0 Å². The van der Waals surface area contributed by atoms with E-state index in [9.17, 15) is 0 Å². The molecule has 0 aromatic carbocycles. The van der Waals surface area contributed by atoms with Gasteiger partial charge in [0.2, 0.25) is 0 Å². The van der Waals surface area contributed by atoms with Crippen LogP contribution in [0, 0.1) is 18.3 Å². The summed E-state index contributed by atoms with van der Waals surface area (Å²) in [5.74, 6) is 1.47. The first kappa shape index (κ1) is 12.0. The molecule has 7 heteroatoms. The van der Waals surface area contributed by atoms with Gasteiger partial charge in [0.05, 0.1) is 0 Å². The molecular weight excluding hydrogens is 254 g/mol. The van der Waals surface area contributed by atoms with Gasteiger partial charge >= 0.3 is 0 Å². The number of nitriles is 1. The van der Waals surface area contributed by atoms with E-state index in [1.807, 2.05) is 6.92 Å². The molecule has 0 amide bonds. The third-order valence-electron chi connectivity index (χ3n) is 1.94. The van der Waals surface area contributed by atoms with E-state index >= 15 is 0 Å². The van der Waals surface area contributed by atoms with Crippen LogP contribution >= 0.6 is 23.3 Å². The minimum atomic E-state index is 0.467. The van der Waals surface area contributed by atoms with E-state index in [0.29, 0.717) is 16.4 Å². The Kier molecular flexibility index (Phi) is 3.66. The average molecular weight is 263 g/mol. The van der Waals surface area contributed by atoms with Gasteiger partial charge in [0.25, 0.3) is 0 Å². The molecule has 2 aromatic heterocycles. The quantitative estimate of drug-likeness (QED) is 0.790. The Morgan fingerprint density at radius 2 is 2.29 bits per heavy atom. The molecule has 0 radical (unpaired) electrons. The standard InChI is InChI=1S/C10H9N5S2/c1-3-8-14-10(17-15-8)16-9-7(4-11)5-12-6(2)13-9/h5H,3H2,1-2H3. The highest BCUT2D eigenvalue weighted by Gasteiger charge is 2.10. The minimum absolute atomic E-state index is 0.467. The van der Waals surface area contributed by atoms with Crippen molar-refractivity contribution in [1.29, 1.82) is 5.26 Å². The van der Waals surface area contributed by atoms with Gasteiger partial charge in [-0.1, -0.05) is 6.92 Å². The zero-order chi connectivity index (χ0) is 12.3. The molecule has 0 aliphatic rings. The van der Waals surface area contributed by atoms with Crippen LogP contribution in [0.4, 0.5) is 0 Å². The van der Waals surface area contributed by atoms with Crippen molar-refractivity contribution in [3.05, 3.63) is 23.4 Å². The molecule has 0 aliphatic carbocycles. The van der Waals surface area contributed by atoms with Crippen molar-refractivity contribution in [2.45, 2.75) is 29.6 Å². The largest absolute Gasteiger partial charge is 0.240 e. The highest BCUT2D eigenvalue weighted by Crippen LogP contribution is 2.29. The Hall–Kier alpha value is -1.52. The molecule has 0 aliphatic heterocycles. The maximum atomic E-state index is 8.96. The predicted octanol–water partition coefficient (Wildman–Crippen LogP) is 2.22. The Morgan fingerprint density at radius 3 is 2.94 bits per heavy atom. The van der Waals surface area contributed by atoms with E-state index in [1.165, 1.54) is 29.5 Å². The summed E-state index contributed by atoms with van der Waals surface area (Å²) >= 11 is 2.69. The summed E-state index contributed by atoms with van der Waals surface area (Å²) in [7, 11) is 0. The van der Waals surface area contributed by atoms with Gasteiger partial charge in [-0.2, -0.15) is 9.64 Å². The van der Waals surface area contributed by atoms with Crippen LogP contribution in [-0.4, -0.2) is 19.3 Å². The highest BCUT2D eigenvalue weighted by atomic mass is 32.2. The normalized spacial score (nSPS) is 10.2. The molecule has 2 heterocycles. The van der Waals surface area contributed by atoms with Crippen LogP contribution in [0.5, 0.6) is 0 Å². The summed E-state index contributed by atoms with van der Waals surface area (Å²) in [5, 5.41) is 9.60. The maximum Gasteiger partial charge on any atom is 0.176 e. The summed E-state index contributed by atoms with van der Waals surface area (Å²) in [4.78, 5) is 12.6. The van der Waals surface area contributed by atoms with Crippen molar-refractivity contribution in [3.8, 4) is 6.07 Å². The van der Waals surface area contributed by atoms with E-state index in [-0.39, 0.29) is 0 Å². The fourth-order valence-electron chi connectivity index (χ4n) is 1.11. The van der Waals surface area contributed by atoms with E-state index in [0.717, 1.165) is 16.6 Å². The molecule has 2 aromatic rings. The smallest absolute Gasteiger partial charge is 0.176 e. The lowest BCUT2D eigenvalue weighted by molar-refractivity contribution is 0.947. The molecule has 86 valence electrons. The molecule has 0 saturated heterocycles. The number of nitrogens with zero attached hydrogens (tertiary/aromatic N) is 5. The van der Waals surface area contributed by atoms with Crippen molar-refractivity contribution >= 4 is 23.3 Å². The number of aromatic nitrogens is 4. The summed E-state index contributed by atoms with van der Waals surface area (Å²) in [6, 6.07) is 2.07. The monoisotopic (exact) mass is 263 g/mol. The number of hydrogen-bond donors (Lipinski definition) is 0. The Labute approximate surface area is 107 Å². The van der Waals surface area contributed by atoms with Gasteiger partial charge in [0.1, 0.15) is 28.3 Å². The highest BCUT2D eigenvalue weighted by molar-refractivity contribution is 8.00. The lowest BCUT2D eigenvalue weighted by Gasteiger charge is -1.99. The molecule has 0 fully saturated rings. The van der Waals surface area contributed by atoms with Gasteiger partial charge in [-0.15, -0.1) is 0 Å². The second-order valence-corrected chi connectivity index (χ2v) is 5.17. The third-order valence-corrected chi connectivity index (χ3v) is 3.74. The van der Waals surface area contributed by atoms with E-state index in [4.69, 9.17) is 5.26 Å². The zero-order valence-corrected chi connectivity index (χ0v) is 11.0. The van der Waals surface area contributed by atoms with Gasteiger partial charge in [-0.05, 0) is 30.2 Å². The number of hydrogen-bond acceptors (Lipinski definition) is 7. The van der Waals surface area contributed by atoms with Crippen LogP contribution < -0.4 is 0 Å². The van der Waals surface area contributed by atoms with Crippen LogP contribution in [0.2, 0.25) is 0 Å². The molecule has 5 nitrogen and oxygen atoms in total. The molecule has 17 heavy (non-hydrogen) atoms. The minimum Gasteiger partial charge on any atom is -0.240 e. The van der Waals surface area contributed by atoms with Crippen molar-refractivity contribution in [2.75, 3.05) is 0 Å². The number of rotatable bonds is 3. The summed E-state index contributed by atoms with van der Waals surface area (Å²) in [6.07, 6.45) is 2.34. The van der Waals surface area contributed by atoms with E-state index < -0.39 is 0 Å². The molecule has 2 rings (SSSR count). The van der Waals surface area contributed by atoms with E-state index in [1.54, 1.807) is 6.92 Å². The van der Waals surface area contributed by atoms with Crippen molar-refractivity contribution < 1.29 is 0 Å². The zero-order valence-electron chi connectivity index (χ0n) is 9.34. The van der Waals surface area contributed by atoms with Crippen molar-refractivity contribution in [2.24, 2.45) is 0 Å². The van der Waals surface area contributed by atoms with Gasteiger partial charge in [-0.3, -0.25) is 0 Å². The average Bonchev–Trinajstić information content (AvgIpc) is 2.77. The second-order valence-electron chi connectivity index (χ2n) is 3.18. The molecular formula is C10H9N5S2.